The Hall–Kier alpha value is -1.09. The Kier molecular flexibility index (Phi) is 3.67. The summed E-state index contributed by atoms with van der Waals surface area (Å²) in [6.45, 7) is 6.49. The molecule has 92 valence electrons. The monoisotopic (exact) mass is 249 g/mol. The Morgan fingerprint density at radius 1 is 1.35 bits per heavy atom. The van der Waals surface area contributed by atoms with Crippen molar-refractivity contribution in [2.45, 2.75) is 32.6 Å². The first kappa shape index (κ1) is 12.4. The van der Waals surface area contributed by atoms with Gasteiger partial charge in [-0.3, -0.25) is 0 Å². The molecular formula is C14H19NOS. The predicted molar refractivity (Wildman–Crippen MR) is 75.8 cm³/mol. The van der Waals surface area contributed by atoms with Gasteiger partial charge in [0.2, 0.25) is 0 Å². The average Bonchev–Trinajstić information content (AvgIpc) is 2.66. The van der Waals surface area contributed by atoms with Crippen LogP contribution in [-0.2, 0) is 5.75 Å². The van der Waals surface area contributed by atoms with E-state index in [1.54, 1.807) is 6.07 Å². The molecule has 1 heterocycles. The number of fused-ring (bicyclic) bond motifs is 1. The molecule has 2 rings (SSSR count). The Morgan fingerprint density at radius 2 is 2.12 bits per heavy atom. The van der Waals surface area contributed by atoms with Crippen molar-refractivity contribution in [3.05, 3.63) is 30.0 Å². The van der Waals surface area contributed by atoms with Crippen LogP contribution >= 0.6 is 11.8 Å². The van der Waals surface area contributed by atoms with Gasteiger partial charge in [-0.05, 0) is 31.7 Å². The van der Waals surface area contributed by atoms with E-state index < -0.39 is 0 Å². The zero-order valence-electron chi connectivity index (χ0n) is 10.6. The van der Waals surface area contributed by atoms with E-state index in [0.29, 0.717) is 11.8 Å². The van der Waals surface area contributed by atoms with Crippen molar-refractivity contribution < 1.29 is 5.11 Å². The second kappa shape index (κ2) is 5.05. The number of phenols is 1. The largest absolute Gasteiger partial charge is 0.506 e. The third-order valence-corrected chi connectivity index (χ3v) is 3.80. The molecule has 0 aliphatic heterocycles. The summed E-state index contributed by atoms with van der Waals surface area (Å²) in [6.07, 6.45) is 0. The molecule has 0 amide bonds. The van der Waals surface area contributed by atoms with Crippen molar-refractivity contribution in [3.8, 4) is 5.75 Å². The first-order valence-electron chi connectivity index (χ1n) is 6.04. The van der Waals surface area contributed by atoms with Crippen LogP contribution in [0, 0.1) is 0 Å². The molecule has 0 spiro atoms. The summed E-state index contributed by atoms with van der Waals surface area (Å²) >= 11 is 1.91. The lowest BCUT2D eigenvalue weighted by Crippen LogP contribution is -2.04. The summed E-state index contributed by atoms with van der Waals surface area (Å²) in [5.74, 6) is 2.50. The van der Waals surface area contributed by atoms with Crippen LogP contribution in [0.15, 0.2) is 24.3 Å². The highest BCUT2D eigenvalue weighted by molar-refractivity contribution is 7.98. The van der Waals surface area contributed by atoms with Crippen molar-refractivity contribution in [2.75, 3.05) is 5.75 Å². The molecule has 1 aromatic heterocycles. The number of para-hydroxylation sites is 1. The van der Waals surface area contributed by atoms with E-state index in [1.807, 2.05) is 17.8 Å². The summed E-state index contributed by atoms with van der Waals surface area (Å²) in [5.41, 5.74) is 2.26. The second-order valence-corrected chi connectivity index (χ2v) is 5.73. The summed E-state index contributed by atoms with van der Waals surface area (Å²) in [6, 6.07) is 8.29. The highest BCUT2D eigenvalue weighted by Gasteiger charge is 2.13. The van der Waals surface area contributed by atoms with Gasteiger partial charge in [0.05, 0.1) is 5.52 Å². The molecule has 17 heavy (non-hydrogen) atoms. The van der Waals surface area contributed by atoms with Gasteiger partial charge in [-0.2, -0.15) is 11.8 Å². The Labute approximate surface area is 107 Å². The molecule has 0 atom stereocenters. The number of aromatic hydroxyl groups is 1. The smallest absolute Gasteiger partial charge is 0.139 e. The first-order valence-corrected chi connectivity index (χ1v) is 7.20. The fourth-order valence-corrected chi connectivity index (χ4v) is 2.86. The van der Waals surface area contributed by atoms with Gasteiger partial charge in [0.25, 0.3) is 0 Å². The van der Waals surface area contributed by atoms with E-state index in [2.05, 4.69) is 37.5 Å². The predicted octanol–water partition coefficient (Wildman–Crippen LogP) is 4.18. The molecule has 0 unspecified atom stereocenters. The average molecular weight is 249 g/mol. The fourth-order valence-electron chi connectivity index (χ4n) is 2.23. The molecule has 1 N–H and O–H groups in total. The normalized spacial score (nSPS) is 11.5. The molecule has 0 aliphatic rings. The van der Waals surface area contributed by atoms with Crippen molar-refractivity contribution in [3.63, 3.8) is 0 Å². The molecule has 1 aromatic carbocycles. The van der Waals surface area contributed by atoms with Gasteiger partial charge in [-0.15, -0.1) is 0 Å². The number of rotatable bonds is 4. The van der Waals surface area contributed by atoms with Gasteiger partial charge in [0.1, 0.15) is 5.75 Å². The number of hydrogen-bond donors (Lipinski definition) is 1. The topological polar surface area (TPSA) is 25.2 Å². The summed E-state index contributed by atoms with van der Waals surface area (Å²) in [4.78, 5) is 0. The van der Waals surface area contributed by atoms with Crippen LogP contribution in [-0.4, -0.2) is 15.4 Å². The zero-order chi connectivity index (χ0) is 12.4. The van der Waals surface area contributed by atoms with Gasteiger partial charge in [-0.1, -0.05) is 19.1 Å². The number of thioether (sulfide) groups is 1. The van der Waals surface area contributed by atoms with E-state index in [9.17, 15) is 5.11 Å². The van der Waals surface area contributed by atoms with E-state index in [4.69, 9.17) is 0 Å². The van der Waals surface area contributed by atoms with E-state index in [0.717, 1.165) is 22.4 Å². The molecule has 3 heteroatoms. The fraction of sp³-hybridized carbons (Fsp3) is 0.429. The van der Waals surface area contributed by atoms with Crippen LogP contribution in [0.25, 0.3) is 10.9 Å². The van der Waals surface area contributed by atoms with Crippen molar-refractivity contribution >= 4 is 22.7 Å². The summed E-state index contributed by atoms with van der Waals surface area (Å²) in [7, 11) is 0. The molecule has 0 fully saturated rings. The summed E-state index contributed by atoms with van der Waals surface area (Å²) in [5, 5.41) is 11.1. The van der Waals surface area contributed by atoms with Gasteiger partial charge >= 0.3 is 0 Å². The minimum atomic E-state index is 0.369. The Bertz CT molecular complexity index is 516. The molecule has 0 saturated carbocycles. The maximum Gasteiger partial charge on any atom is 0.139 e. The van der Waals surface area contributed by atoms with Gasteiger partial charge in [0, 0.05) is 22.9 Å². The molecule has 2 aromatic rings. The third-order valence-electron chi connectivity index (χ3n) is 2.89. The van der Waals surface area contributed by atoms with E-state index in [-0.39, 0.29) is 0 Å². The van der Waals surface area contributed by atoms with Crippen molar-refractivity contribution in [1.82, 2.24) is 4.57 Å². The minimum absolute atomic E-state index is 0.369. The van der Waals surface area contributed by atoms with Gasteiger partial charge in [-0.25, -0.2) is 0 Å². The second-order valence-electron chi connectivity index (χ2n) is 4.45. The van der Waals surface area contributed by atoms with E-state index in [1.165, 1.54) is 5.69 Å². The maximum atomic E-state index is 10.0. The van der Waals surface area contributed by atoms with Crippen molar-refractivity contribution in [2.24, 2.45) is 0 Å². The van der Waals surface area contributed by atoms with Crippen LogP contribution in [0.2, 0.25) is 0 Å². The number of nitrogens with zero attached hydrogens (tertiary/aromatic N) is 1. The number of benzene rings is 1. The van der Waals surface area contributed by atoms with Gasteiger partial charge < -0.3 is 9.67 Å². The SMILES string of the molecule is CCSCc1cc2cccc(O)c2n1C(C)C. The molecule has 0 saturated heterocycles. The summed E-state index contributed by atoms with van der Waals surface area (Å²) < 4.78 is 2.24. The van der Waals surface area contributed by atoms with Crippen LogP contribution < -0.4 is 0 Å². The van der Waals surface area contributed by atoms with Crippen LogP contribution in [0.3, 0.4) is 0 Å². The Balaban J connectivity index is 2.59. The Morgan fingerprint density at radius 3 is 2.76 bits per heavy atom. The highest BCUT2D eigenvalue weighted by Crippen LogP contribution is 2.32. The highest BCUT2D eigenvalue weighted by atomic mass is 32.2. The molecule has 0 bridgehead atoms. The minimum Gasteiger partial charge on any atom is -0.506 e. The molecular weight excluding hydrogens is 230 g/mol. The molecule has 0 aliphatic carbocycles. The lowest BCUT2D eigenvalue weighted by Gasteiger charge is -2.15. The quantitative estimate of drug-likeness (QED) is 0.879. The number of phenolic OH excluding ortho intramolecular Hbond substituents is 1. The third kappa shape index (κ3) is 2.29. The first-order chi connectivity index (χ1) is 8.15. The standard InChI is InChI=1S/C14H19NOS/c1-4-17-9-12-8-11-6-5-7-13(16)14(11)15(12)10(2)3/h5-8,10,16H,4,9H2,1-3H3. The number of aromatic nitrogens is 1. The van der Waals surface area contributed by atoms with Gasteiger partial charge in [0.15, 0.2) is 0 Å². The molecule has 0 radical (unpaired) electrons. The van der Waals surface area contributed by atoms with Crippen molar-refractivity contribution in [1.29, 1.82) is 0 Å². The lowest BCUT2D eigenvalue weighted by atomic mass is 10.2. The maximum absolute atomic E-state index is 10.0. The van der Waals surface area contributed by atoms with Crippen LogP contribution in [0.1, 0.15) is 32.5 Å². The lowest BCUT2D eigenvalue weighted by molar-refractivity contribution is 0.474. The van der Waals surface area contributed by atoms with E-state index >= 15 is 0 Å². The van der Waals surface area contributed by atoms with Crippen LogP contribution in [0.5, 0.6) is 5.75 Å². The number of hydrogen-bond acceptors (Lipinski definition) is 2. The zero-order valence-corrected chi connectivity index (χ0v) is 11.4. The van der Waals surface area contributed by atoms with Crippen LogP contribution in [0.4, 0.5) is 0 Å². The molecule has 2 nitrogen and oxygen atoms in total.